The lowest BCUT2D eigenvalue weighted by atomic mass is 10.1. The second-order valence-corrected chi connectivity index (χ2v) is 5.58. The molecule has 26 heavy (non-hydrogen) atoms. The van der Waals surface area contributed by atoms with Crippen LogP contribution >= 0.6 is 0 Å². The maximum absolute atomic E-state index is 12.5. The summed E-state index contributed by atoms with van der Waals surface area (Å²) in [6.07, 6.45) is 0.323. The molecule has 0 atom stereocenters. The fourth-order valence-corrected chi connectivity index (χ4v) is 2.30. The van der Waals surface area contributed by atoms with Crippen LogP contribution in [-0.4, -0.2) is 30.0 Å². The number of carbonyl (C=O) groups is 3. The zero-order chi connectivity index (χ0) is 19.3. The molecule has 0 saturated carbocycles. The van der Waals surface area contributed by atoms with Crippen LogP contribution in [0.15, 0.2) is 36.4 Å². The average molecular weight is 356 g/mol. The Kier molecular flexibility index (Phi) is 5.95. The molecule has 2 amide bonds. The molecule has 0 unspecified atom stereocenters. The SMILES string of the molecule is CCC(=O)Nc1cccc(C(=O)Nc2c(C)ccc(C(=O)OC)c2O)c1. The number of phenols is 1. The van der Waals surface area contributed by atoms with Crippen LogP contribution in [-0.2, 0) is 9.53 Å². The minimum atomic E-state index is -0.706. The largest absolute Gasteiger partial charge is 0.505 e. The fourth-order valence-electron chi connectivity index (χ4n) is 2.30. The highest BCUT2D eigenvalue weighted by Gasteiger charge is 2.19. The van der Waals surface area contributed by atoms with Crippen molar-refractivity contribution in [3.63, 3.8) is 0 Å². The van der Waals surface area contributed by atoms with Gasteiger partial charge in [0.1, 0.15) is 5.56 Å². The van der Waals surface area contributed by atoms with Gasteiger partial charge >= 0.3 is 5.97 Å². The van der Waals surface area contributed by atoms with E-state index in [0.717, 1.165) is 0 Å². The summed E-state index contributed by atoms with van der Waals surface area (Å²) < 4.78 is 4.61. The van der Waals surface area contributed by atoms with Crippen molar-refractivity contribution >= 4 is 29.2 Å². The first-order valence-corrected chi connectivity index (χ1v) is 7.99. The van der Waals surface area contributed by atoms with Gasteiger partial charge in [0.05, 0.1) is 12.8 Å². The number of anilines is 2. The summed E-state index contributed by atoms with van der Waals surface area (Å²) in [5.41, 5.74) is 1.45. The minimum absolute atomic E-state index is 0.0441. The fraction of sp³-hybridized carbons (Fsp3) is 0.211. The summed E-state index contributed by atoms with van der Waals surface area (Å²) in [5, 5.41) is 15.6. The van der Waals surface area contributed by atoms with E-state index in [1.54, 1.807) is 38.1 Å². The molecule has 0 fully saturated rings. The number of nitrogens with one attached hydrogen (secondary N) is 2. The van der Waals surface area contributed by atoms with E-state index in [1.165, 1.54) is 19.2 Å². The molecule has 0 heterocycles. The van der Waals surface area contributed by atoms with Gasteiger partial charge < -0.3 is 20.5 Å². The lowest BCUT2D eigenvalue weighted by Gasteiger charge is -2.13. The van der Waals surface area contributed by atoms with Crippen LogP contribution in [0.25, 0.3) is 0 Å². The molecular weight excluding hydrogens is 336 g/mol. The number of aryl methyl sites for hydroxylation is 1. The van der Waals surface area contributed by atoms with Crippen molar-refractivity contribution in [3.05, 3.63) is 53.1 Å². The Morgan fingerprint density at radius 3 is 2.50 bits per heavy atom. The predicted molar refractivity (Wildman–Crippen MR) is 97.5 cm³/mol. The third kappa shape index (κ3) is 4.18. The van der Waals surface area contributed by atoms with E-state index in [0.29, 0.717) is 23.2 Å². The highest BCUT2D eigenvalue weighted by molar-refractivity contribution is 6.07. The van der Waals surface area contributed by atoms with Crippen molar-refractivity contribution in [2.75, 3.05) is 17.7 Å². The Morgan fingerprint density at radius 1 is 1.12 bits per heavy atom. The zero-order valence-electron chi connectivity index (χ0n) is 14.8. The number of methoxy groups -OCH3 is 1. The van der Waals surface area contributed by atoms with Crippen LogP contribution in [0.1, 0.15) is 39.6 Å². The number of hydrogen-bond acceptors (Lipinski definition) is 5. The molecular formula is C19H20N2O5. The van der Waals surface area contributed by atoms with Crippen LogP contribution < -0.4 is 10.6 Å². The molecule has 136 valence electrons. The van der Waals surface area contributed by atoms with E-state index < -0.39 is 11.9 Å². The van der Waals surface area contributed by atoms with Gasteiger partial charge in [-0.15, -0.1) is 0 Å². The number of aromatic hydroxyl groups is 1. The van der Waals surface area contributed by atoms with Crippen molar-refractivity contribution in [2.24, 2.45) is 0 Å². The van der Waals surface area contributed by atoms with Gasteiger partial charge in [-0.2, -0.15) is 0 Å². The Bertz CT molecular complexity index is 861. The highest BCUT2D eigenvalue weighted by Crippen LogP contribution is 2.32. The quantitative estimate of drug-likeness (QED) is 0.564. The standard InChI is InChI=1S/C19H20N2O5/c1-4-15(22)20-13-7-5-6-12(10-13)18(24)21-16-11(2)8-9-14(17(16)23)19(25)26-3/h5-10,23H,4H2,1-3H3,(H,20,22)(H,21,24). The number of ether oxygens (including phenoxy) is 1. The first-order valence-electron chi connectivity index (χ1n) is 7.99. The normalized spacial score (nSPS) is 10.1. The van der Waals surface area contributed by atoms with E-state index in [1.807, 2.05) is 0 Å². The smallest absolute Gasteiger partial charge is 0.341 e. The number of benzene rings is 2. The molecule has 0 radical (unpaired) electrons. The van der Waals surface area contributed by atoms with Gasteiger partial charge in [-0.1, -0.05) is 19.1 Å². The highest BCUT2D eigenvalue weighted by atomic mass is 16.5. The number of hydrogen-bond donors (Lipinski definition) is 3. The van der Waals surface area contributed by atoms with Crippen LogP contribution in [0.3, 0.4) is 0 Å². The van der Waals surface area contributed by atoms with Gasteiger partial charge in [-0.05, 0) is 36.8 Å². The van der Waals surface area contributed by atoms with E-state index in [4.69, 9.17) is 0 Å². The second-order valence-electron chi connectivity index (χ2n) is 5.58. The summed E-state index contributed by atoms with van der Waals surface area (Å²) in [6.45, 7) is 3.42. The number of rotatable bonds is 5. The van der Waals surface area contributed by atoms with Crippen LogP contribution in [0.4, 0.5) is 11.4 Å². The van der Waals surface area contributed by atoms with Crippen molar-refractivity contribution in [1.82, 2.24) is 0 Å². The third-order valence-corrected chi connectivity index (χ3v) is 3.76. The van der Waals surface area contributed by atoms with Crippen LogP contribution in [0, 0.1) is 6.92 Å². The predicted octanol–water partition coefficient (Wildman–Crippen LogP) is 3.09. The van der Waals surface area contributed by atoms with Crippen LogP contribution in [0.2, 0.25) is 0 Å². The molecule has 3 N–H and O–H groups in total. The Labute approximate surface area is 151 Å². The second kappa shape index (κ2) is 8.15. The molecule has 0 aliphatic rings. The first kappa shape index (κ1) is 19.0. The van der Waals surface area contributed by atoms with Crippen molar-refractivity contribution < 1.29 is 24.2 Å². The lowest BCUT2D eigenvalue weighted by Crippen LogP contribution is -2.15. The number of amides is 2. The van der Waals surface area contributed by atoms with E-state index in [-0.39, 0.29) is 22.9 Å². The summed E-state index contributed by atoms with van der Waals surface area (Å²) >= 11 is 0. The van der Waals surface area contributed by atoms with Gasteiger partial charge in [0.2, 0.25) is 5.91 Å². The van der Waals surface area contributed by atoms with E-state index in [2.05, 4.69) is 15.4 Å². The van der Waals surface area contributed by atoms with Crippen molar-refractivity contribution in [2.45, 2.75) is 20.3 Å². The Morgan fingerprint density at radius 2 is 1.85 bits per heavy atom. The zero-order valence-corrected chi connectivity index (χ0v) is 14.8. The van der Waals surface area contributed by atoms with E-state index in [9.17, 15) is 19.5 Å². The van der Waals surface area contributed by atoms with E-state index >= 15 is 0 Å². The number of phenolic OH excluding ortho intramolecular Hbond substituents is 1. The molecule has 0 spiro atoms. The van der Waals surface area contributed by atoms with Gasteiger partial charge in [-0.25, -0.2) is 4.79 Å². The molecule has 7 nitrogen and oxygen atoms in total. The number of esters is 1. The molecule has 0 bridgehead atoms. The number of carbonyl (C=O) groups excluding carboxylic acids is 3. The molecule has 0 aliphatic carbocycles. The average Bonchev–Trinajstić information content (AvgIpc) is 2.64. The molecule has 2 aromatic rings. The van der Waals surface area contributed by atoms with Crippen LogP contribution in [0.5, 0.6) is 5.75 Å². The monoisotopic (exact) mass is 356 g/mol. The summed E-state index contributed by atoms with van der Waals surface area (Å²) in [7, 11) is 1.20. The molecule has 0 saturated heterocycles. The Balaban J connectivity index is 2.29. The lowest BCUT2D eigenvalue weighted by molar-refractivity contribution is -0.115. The summed E-state index contributed by atoms with van der Waals surface area (Å²) in [5.74, 6) is -1.72. The maximum Gasteiger partial charge on any atom is 0.341 e. The van der Waals surface area contributed by atoms with Crippen molar-refractivity contribution in [3.8, 4) is 5.75 Å². The third-order valence-electron chi connectivity index (χ3n) is 3.76. The molecule has 2 rings (SSSR count). The summed E-state index contributed by atoms with van der Waals surface area (Å²) in [6, 6.07) is 9.43. The van der Waals surface area contributed by atoms with Crippen molar-refractivity contribution in [1.29, 1.82) is 0 Å². The molecule has 0 aromatic heterocycles. The maximum atomic E-state index is 12.5. The Hall–Kier alpha value is -3.35. The van der Waals surface area contributed by atoms with Gasteiger partial charge in [0.25, 0.3) is 5.91 Å². The molecule has 0 aliphatic heterocycles. The first-order chi connectivity index (χ1) is 12.4. The molecule has 2 aromatic carbocycles. The minimum Gasteiger partial charge on any atom is -0.505 e. The summed E-state index contributed by atoms with van der Waals surface area (Å²) in [4.78, 5) is 35.7. The van der Waals surface area contributed by atoms with Gasteiger partial charge in [0, 0.05) is 17.7 Å². The topological polar surface area (TPSA) is 105 Å². The van der Waals surface area contributed by atoms with Gasteiger partial charge in [-0.3, -0.25) is 9.59 Å². The molecule has 7 heteroatoms. The van der Waals surface area contributed by atoms with Gasteiger partial charge in [0.15, 0.2) is 5.75 Å².